The number of aromatic nitrogens is 2. The smallest absolute Gasteiger partial charge is 0.340 e. The summed E-state index contributed by atoms with van der Waals surface area (Å²) in [6.07, 6.45) is 2.53. The van der Waals surface area contributed by atoms with Crippen LogP contribution in [0.3, 0.4) is 0 Å². The average Bonchev–Trinajstić information content (AvgIpc) is 3.01. The number of esters is 1. The zero-order valence-electron chi connectivity index (χ0n) is 14.3. The van der Waals surface area contributed by atoms with Crippen LogP contribution in [0.15, 0.2) is 36.7 Å². The lowest BCUT2D eigenvalue weighted by atomic mass is 10.0. The van der Waals surface area contributed by atoms with Gasteiger partial charge in [-0.1, -0.05) is 23.7 Å². The molecule has 0 amide bonds. The molecule has 2 N–H and O–H groups in total. The fourth-order valence-electron chi connectivity index (χ4n) is 2.92. The zero-order chi connectivity index (χ0) is 18.0. The summed E-state index contributed by atoms with van der Waals surface area (Å²) in [6, 6.07) is 9.59. The number of nitrogens with zero attached hydrogens (tertiary/aromatic N) is 2. The van der Waals surface area contributed by atoms with Crippen LogP contribution < -0.4 is 5.73 Å². The second kappa shape index (κ2) is 7.25. The average molecular weight is 358 g/mol. The van der Waals surface area contributed by atoms with Crippen LogP contribution in [-0.2, 0) is 11.3 Å². The van der Waals surface area contributed by atoms with Gasteiger partial charge in [-0.15, -0.1) is 0 Å². The molecule has 0 bridgehead atoms. The maximum Gasteiger partial charge on any atom is 0.340 e. The Morgan fingerprint density at radius 2 is 2.12 bits per heavy atom. The predicted molar refractivity (Wildman–Crippen MR) is 99.9 cm³/mol. The van der Waals surface area contributed by atoms with E-state index in [2.05, 4.69) is 4.98 Å². The van der Waals surface area contributed by atoms with Crippen molar-refractivity contribution >= 4 is 28.6 Å². The van der Waals surface area contributed by atoms with Gasteiger partial charge in [0.2, 0.25) is 0 Å². The molecule has 0 spiro atoms. The lowest BCUT2D eigenvalue weighted by Gasteiger charge is -2.11. The first kappa shape index (κ1) is 17.5. The lowest BCUT2D eigenvalue weighted by Crippen LogP contribution is -2.08. The van der Waals surface area contributed by atoms with Crippen molar-refractivity contribution in [2.24, 2.45) is 5.73 Å². The van der Waals surface area contributed by atoms with E-state index in [9.17, 15) is 4.79 Å². The molecule has 2 aromatic carbocycles. The number of fused-ring (bicyclic) bond motifs is 1. The fraction of sp³-hybridized carbons (Fsp3) is 0.263. The minimum absolute atomic E-state index is 0.399. The Bertz CT molecular complexity index is 934. The van der Waals surface area contributed by atoms with E-state index in [1.54, 1.807) is 6.33 Å². The molecule has 0 saturated heterocycles. The molecule has 0 atom stereocenters. The Morgan fingerprint density at radius 1 is 1.32 bits per heavy atom. The molecule has 0 saturated carbocycles. The van der Waals surface area contributed by atoms with Crippen LogP contribution >= 0.6 is 11.6 Å². The van der Waals surface area contributed by atoms with Crippen molar-refractivity contribution in [1.29, 1.82) is 0 Å². The molecular formula is C19H20ClN3O2. The number of ether oxygens (including phenoxy) is 1. The minimum Gasteiger partial charge on any atom is -0.465 e. The molecule has 0 fully saturated rings. The van der Waals surface area contributed by atoms with Gasteiger partial charge in [0.15, 0.2) is 0 Å². The highest BCUT2D eigenvalue weighted by molar-refractivity contribution is 6.33. The summed E-state index contributed by atoms with van der Waals surface area (Å²) in [5.74, 6) is -0.399. The monoisotopic (exact) mass is 357 g/mol. The van der Waals surface area contributed by atoms with E-state index in [1.165, 1.54) is 7.11 Å². The van der Waals surface area contributed by atoms with Gasteiger partial charge >= 0.3 is 5.97 Å². The Labute approximate surface area is 151 Å². The van der Waals surface area contributed by atoms with Gasteiger partial charge in [-0.05, 0) is 49.2 Å². The predicted octanol–water partition coefficient (Wildman–Crippen LogP) is 3.80. The maximum atomic E-state index is 12.4. The Kier molecular flexibility index (Phi) is 5.06. The summed E-state index contributed by atoms with van der Waals surface area (Å²) < 4.78 is 6.92. The molecule has 0 unspecified atom stereocenters. The standard InChI is InChI=1S/C19H20ClN3O2/c1-12-4-5-14(16(20)8-12)13-9-15(19(24)25-2)18-17(10-13)22-11-23(18)7-3-6-21/h4-5,8-11H,3,6-7,21H2,1-2H3. The number of methoxy groups -OCH3 is 1. The zero-order valence-corrected chi connectivity index (χ0v) is 15.0. The minimum atomic E-state index is -0.399. The number of halogens is 1. The molecule has 0 aliphatic heterocycles. The molecule has 1 heterocycles. The largest absolute Gasteiger partial charge is 0.465 e. The van der Waals surface area contributed by atoms with Gasteiger partial charge in [-0.3, -0.25) is 0 Å². The van der Waals surface area contributed by atoms with Crippen LogP contribution in [0, 0.1) is 6.92 Å². The number of imidazole rings is 1. The molecule has 6 heteroatoms. The number of hydrogen-bond donors (Lipinski definition) is 1. The summed E-state index contributed by atoms with van der Waals surface area (Å²) in [5.41, 5.74) is 10.3. The molecule has 1 aromatic heterocycles. The van der Waals surface area contributed by atoms with Crippen molar-refractivity contribution in [3.8, 4) is 11.1 Å². The number of carbonyl (C=O) groups excluding carboxylic acids is 1. The SMILES string of the molecule is COC(=O)c1cc(-c2ccc(C)cc2Cl)cc2ncn(CCCN)c12. The van der Waals surface area contributed by atoms with E-state index in [4.69, 9.17) is 22.1 Å². The Morgan fingerprint density at radius 3 is 2.80 bits per heavy atom. The van der Waals surface area contributed by atoms with E-state index in [1.807, 2.05) is 41.8 Å². The fourth-order valence-corrected chi connectivity index (χ4v) is 3.26. The highest BCUT2D eigenvalue weighted by Gasteiger charge is 2.18. The first-order chi connectivity index (χ1) is 12.0. The number of rotatable bonds is 5. The third-order valence-corrected chi connectivity index (χ3v) is 4.47. The van der Waals surface area contributed by atoms with E-state index >= 15 is 0 Å². The van der Waals surface area contributed by atoms with Crippen LogP contribution in [0.25, 0.3) is 22.2 Å². The van der Waals surface area contributed by atoms with Gasteiger partial charge in [-0.25, -0.2) is 9.78 Å². The van der Waals surface area contributed by atoms with Gasteiger partial charge in [0.25, 0.3) is 0 Å². The summed E-state index contributed by atoms with van der Waals surface area (Å²) in [7, 11) is 1.38. The van der Waals surface area contributed by atoms with Crippen LogP contribution in [-0.4, -0.2) is 29.2 Å². The first-order valence-electron chi connectivity index (χ1n) is 8.09. The van der Waals surface area contributed by atoms with Crippen molar-refractivity contribution in [1.82, 2.24) is 9.55 Å². The van der Waals surface area contributed by atoms with Crippen LogP contribution in [0.5, 0.6) is 0 Å². The maximum absolute atomic E-state index is 12.4. The molecule has 25 heavy (non-hydrogen) atoms. The quantitative estimate of drug-likeness (QED) is 0.705. The summed E-state index contributed by atoms with van der Waals surface area (Å²) in [5, 5.41) is 0.637. The second-order valence-corrected chi connectivity index (χ2v) is 6.35. The van der Waals surface area contributed by atoms with Crippen molar-refractivity contribution in [3.63, 3.8) is 0 Å². The molecule has 130 valence electrons. The van der Waals surface area contributed by atoms with Crippen LogP contribution in [0.4, 0.5) is 0 Å². The second-order valence-electron chi connectivity index (χ2n) is 5.95. The summed E-state index contributed by atoms with van der Waals surface area (Å²) in [6.45, 7) is 3.25. The van der Waals surface area contributed by atoms with Gasteiger partial charge < -0.3 is 15.0 Å². The molecule has 5 nitrogen and oxygen atoms in total. The summed E-state index contributed by atoms with van der Waals surface area (Å²) in [4.78, 5) is 16.8. The third-order valence-electron chi connectivity index (χ3n) is 4.16. The topological polar surface area (TPSA) is 70.1 Å². The van der Waals surface area contributed by atoms with E-state index in [0.717, 1.165) is 34.1 Å². The van der Waals surface area contributed by atoms with Crippen LogP contribution in [0.1, 0.15) is 22.3 Å². The van der Waals surface area contributed by atoms with E-state index < -0.39 is 5.97 Å². The van der Waals surface area contributed by atoms with E-state index in [0.29, 0.717) is 23.7 Å². The molecule has 3 rings (SSSR count). The number of nitrogens with two attached hydrogens (primary N) is 1. The van der Waals surface area contributed by atoms with Crippen molar-refractivity contribution in [2.75, 3.05) is 13.7 Å². The first-order valence-corrected chi connectivity index (χ1v) is 8.46. The van der Waals surface area contributed by atoms with Crippen LogP contribution in [0.2, 0.25) is 5.02 Å². The number of benzene rings is 2. The molecule has 3 aromatic rings. The normalized spacial score (nSPS) is 11.0. The number of hydrogen-bond acceptors (Lipinski definition) is 4. The highest BCUT2D eigenvalue weighted by Crippen LogP contribution is 2.33. The third kappa shape index (κ3) is 3.38. The Hall–Kier alpha value is -2.37. The number of carbonyl (C=O) groups is 1. The van der Waals surface area contributed by atoms with Gasteiger partial charge in [0.05, 0.1) is 30.0 Å². The van der Waals surface area contributed by atoms with Crippen molar-refractivity contribution < 1.29 is 9.53 Å². The van der Waals surface area contributed by atoms with Crippen molar-refractivity contribution in [2.45, 2.75) is 19.9 Å². The molecule has 0 aliphatic carbocycles. The van der Waals surface area contributed by atoms with Gasteiger partial charge in [0.1, 0.15) is 0 Å². The molecule has 0 radical (unpaired) electrons. The molecular weight excluding hydrogens is 338 g/mol. The molecule has 0 aliphatic rings. The van der Waals surface area contributed by atoms with Crippen molar-refractivity contribution in [3.05, 3.63) is 52.8 Å². The van der Waals surface area contributed by atoms with Gasteiger partial charge in [-0.2, -0.15) is 0 Å². The highest BCUT2D eigenvalue weighted by atomic mass is 35.5. The number of aryl methyl sites for hydroxylation is 2. The van der Waals surface area contributed by atoms with E-state index in [-0.39, 0.29) is 0 Å². The summed E-state index contributed by atoms with van der Waals surface area (Å²) >= 11 is 6.40. The lowest BCUT2D eigenvalue weighted by molar-refractivity contribution is 0.0602. The van der Waals surface area contributed by atoms with Gasteiger partial charge in [0, 0.05) is 17.1 Å². The Balaban J connectivity index is 2.21.